The second-order valence-electron chi connectivity index (χ2n) is 16.6. The maximum absolute atomic E-state index is 14.4. The number of ether oxygens (including phenoxy) is 5. The molecule has 3 aromatic rings. The van der Waals surface area contributed by atoms with Crippen LogP contribution in [0.15, 0.2) is 71.6 Å². The third-order valence-electron chi connectivity index (χ3n) is 11.9. The summed E-state index contributed by atoms with van der Waals surface area (Å²) in [5, 5.41) is 64.4. The molecule has 0 aliphatic carbocycles. The zero-order valence-corrected chi connectivity index (χ0v) is 37.7. The summed E-state index contributed by atoms with van der Waals surface area (Å²) in [5.41, 5.74) is -0.669. The minimum absolute atomic E-state index is 0.0255. The van der Waals surface area contributed by atoms with Crippen LogP contribution >= 0.6 is 0 Å². The highest BCUT2D eigenvalue weighted by Crippen LogP contribution is 2.55. The number of ketones is 1. The number of Topliss-reactive ketones (excluding diaryl/α,β-unsaturated/α-hetero) is 1. The van der Waals surface area contributed by atoms with Crippen molar-refractivity contribution >= 4 is 40.3 Å². The lowest BCUT2D eigenvalue weighted by molar-refractivity contribution is -0.160. The van der Waals surface area contributed by atoms with E-state index in [1.54, 1.807) is 39.8 Å². The van der Waals surface area contributed by atoms with Gasteiger partial charge in [-0.15, -0.1) is 0 Å². The van der Waals surface area contributed by atoms with Gasteiger partial charge in [-0.1, -0.05) is 69.3 Å². The fourth-order valence-corrected chi connectivity index (χ4v) is 7.99. The molecule has 3 heterocycles. The molecule has 3 aliphatic rings. The van der Waals surface area contributed by atoms with Crippen LogP contribution in [0, 0.1) is 30.6 Å². The van der Waals surface area contributed by atoms with E-state index in [9.17, 15) is 39.9 Å². The Morgan fingerprint density at radius 2 is 1.59 bits per heavy atom. The third-order valence-corrected chi connectivity index (χ3v) is 11.9. The summed E-state index contributed by atoms with van der Waals surface area (Å²) in [4.78, 5) is 46.0. The molecule has 9 unspecified atom stereocenters. The van der Waals surface area contributed by atoms with Gasteiger partial charge in [0.05, 0.1) is 59.6 Å². The molecule has 0 fully saturated rings. The van der Waals surface area contributed by atoms with Gasteiger partial charge in [-0.3, -0.25) is 14.4 Å². The van der Waals surface area contributed by atoms with E-state index < -0.39 is 88.8 Å². The van der Waals surface area contributed by atoms with Crippen molar-refractivity contribution in [3.63, 3.8) is 0 Å². The Balaban J connectivity index is 1.59. The Morgan fingerprint density at radius 1 is 0.906 bits per heavy atom. The number of carbonyl (C=O) groups excluding carboxylic acids is 3. The molecular formula is C48H60N2O14. The van der Waals surface area contributed by atoms with E-state index in [2.05, 4.69) is 10.5 Å². The van der Waals surface area contributed by atoms with E-state index in [4.69, 9.17) is 28.5 Å². The van der Waals surface area contributed by atoms with Crippen molar-refractivity contribution in [3.05, 3.63) is 83.2 Å². The quantitative estimate of drug-likeness (QED) is 0.0302. The number of oxime groups is 1. The Bertz CT molecular complexity index is 2310. The zero-order chi connectivity index (χ0) is 47.0. The average Bonchev–Trinajstić information content (AvgIpc) is 3.53. The molecule has 3 aromatic carbocycles. The summed E-state index contributed by atoms with van der Waals surface area (Å²) in [6.45, 7) is 13.0. The summed E-state index contributed by atoms with van der Waals surface area (Å²) in [6.07, 6.45) is 5.66. The van der Waals surface area contributed by atoms with Crippen LogP contribution in [0.3, 0.4) is 0 Å². The van der Waals surface area contributed by atoms with E-state index in [0.717, 1.165) is 12.0 Å². The average molecular weight is 889 g/mol. The Morgan fingerprint density at radius 3 is 2.27 bits per heavy atom. The topological polar surface area (TPSA) is 232 Å². The number of hydrogen-bond donors (Lipinski definition) is 6. The number of allylic oxidation sites excluding steroid dienone is 2. The van der Waals surface area contributed by atoms with Gasteiger partial charge >= 0.3 is 11.8 Å². The van der Waals surface area contributed by atoms with Crippen molar-refractivity contribution in [3.8, 4) is 28.7 Å². The number of phenols is 3. The van der Waals surface area contributed by atoms with Gasteiger partial charge in [-0.05, 0) is 44.9 Å². The van der Waals surface area contributed by atoms with E-state index in [1.165, 1.54) is 53.2 Å². The summed E-state index contributed by atoms with van der Waals surface area (Å²) in [6, 6.07) is 9.33. The van der Waals surface area contributed by atoms with Gasteiger partial charge in [0.2, 0.25) is 0 Å². The van der Waals surface area contributed by atoms with E-state index >= 15 is 0 Å². The van der Waals surface area contributed by atoms with Crippen LogP contribution in [-0.2, 0) is 28.6 Å². The van der Waals surface area contributed by atoms with Gasteiger partial charge in [0, 0.05) is 61.2 Å². The third kappa shape index (κ3) is 10.5. The van der Waals surface area contributed by atoms with Gasteiger partial charge < -0.3 is 59.4 Å². The molecule has 5 bridgehead atoms. The van der Waals surface area contributed by atoms with Gasteiger partial charge in [-0.2, -0.15) is 0 Å². The number of esters is 1. The molecule has 0 spiro atoms. The molecule has 64 heavy (non-hydrogen) atoms. The summed E-state index contributed by atoms with van der Waals surface area (Å²) in [5.74, 6) is -8.02. The molecule has 16 nitrogen and oxygen atoms in total. The number of nitrogens with one attached hydrogen (secondary N) is 1. The number of nitrogens with zero attached hydrogens (tertiary/aromatic N) is 1. The molecule has 9 atom stereocenters. The first-order valence-corrected chi connectivity index (χ1v) is 21.3. The smallest absolute Gasteiger partial charge is 0.312 e. The number of amides is 1. The molecule has 6 rings (SSSR count). The molecule has 6 N–H and O–H groups in total. The lowest BCUT2D eigenvalue weighted by Crippen LogP contribution is -2.46. The zero-order valence-electron chi connectivity index (χ0n) is 37.7. The molecule has 1 amide bonds. The first-order valence-electron chi connectivity index (χ1n) is 21.3. The number of aliphatic hydroxyl groups is 2. The Labute approximate surface area is 372 Å². The lowest BCUT2D eigenvalue weighted by atomic mass is 9.78. The highest BCUT2D eigenvalue weighted by atomic mass is 16.7. The van der Waals surface area contributed by atoms with Crippen molar-refractivity contribution in [2.45, 2.75) is 98.4 Å². The molecule has 3 aliphatic heterocycles. The highest BCUT2D eigenvalue weighted by molar-refractivity contribution is 6.23. The maximum Gasteiger partial charge on any atom is 0.312 e. The van der Waals surface area contributed by atoms with Crippen molar-refractivity contribution in [1.29, 1.82) is 0 Å². The normalized spacial score (nSPS) is 28.5. The second kappa shape index (κ2) is 21.1. The number of phenolic OH excluding ortho intramolecular Hbond substituents is 3. The fourth-order valence-electron chi connectivity index (χ4n) is 7.99. The number of aliphatic hydroxyl groups excluding tert-OH is 2. The number of carbonyl (C=O) groups is 3. The van der Waals surface area contributed by atoms with Gasteiger partial charge in [0.1, 0.15) is 35.7 Å². The Hall–Kier alpha value is -6.10. The summed E-state index contributed by atoms with van der Waals surface area (Å²) >= 11 is 0. The number of fused-ring (bicyclic) bond motifs is 14. The standard InChI is InChI=1S/C48H60N2O14/c1-25-16-15-17-26(2)47(58)50-38-33(24-49-62-22-14-13-21-60-32-18-11-10-12-19-32)42(55)35-36(43(38)56)41(54)30(6)45-37(35)46(57)48(8,64-45)61-23-20-34(59-9)27(3)44(63-31(7)51)29(5)40(53)28(4)39(25)52/h10-12,15-20,23-25,27-29,34,39-40,44,52-56H,13-14,21-22H2,1-9H3,(H,50,58)/b16-15+,23-20+,26-17+,49-24-. The van der Waals surface area contributed by atoms with Gasteiger partial charge in [0.15, 0.2) is 5.75 Å². The Kier molecular flexibility index (Phi) is 16.1. The first-order chi connectivity index (χ1) is 30.3. The van der Waals surface area contributed by atoms with Crippen molar-refractivity contribution in [2.24, 2.45) is 28.8 Å². The largest absolute Gasteiger partial charge is 0.507 e. The van der Waals surface area contributed by atoms with E-state index in [0.29, 0.717) is 19.4 Å². The predicted molar refractivity (Wildman–Crippen MR) is 239 cm³/mol. The minimum Gasteiger partial charge on any atom is -0.507 e. The second-order valence-corrected chi connectivity index (χ2v) is 16.6. The van der Waals surface area contributed by atoms with Crippen LogP contribution in [0.4, 0.5) is 5.69 Å². The molecule has 16 heteroatoms. The first kappa shape index (κ1) is 48.9. The monoisotopic (exact) mass is 888 g/mol. The van der Waals surface area contributed by atoms with E-state index in [1.807, 2.05) is 30.3 Å². The van der Waals surface area contributed by atoms with Gasteiger partial charge in [-0.25, -0.2) is 0 Å². The number of hydrogen-bond acceptors (Lipinski definition) is 15. The number of anilines is 1. The van der Waals surface area contributed by atoms with Crippen LogP contribution in [0.25, 0.3) is 10.8 Å². The summed E-state index contributed by atoms with van der Waals surface area (Å²) < 4.78 is 29.3. The molecule has 0 saturated carbocycles. The highest BCUT2D eigenvalue weighted by Gasteiger charge is 2.50. The number of unbranched alkanes of at least 4 members (excludes halogenated alkanes) is 1. The van der Waals surface area contributed by atoms with Crippen LogP contribution in [0.5, 0.6) is 28.7 Å². The number of rotatable bonds is 10. The predicted octanol–water partition coefficient (Wildman–Crippen LogP) is 6.96. The summed E-state index contributed by atoms with van der Waals surface area (Å²) in [7, 11) is 1.43. The molecule has 346 valence electrons. The lowest BCUT2D eigenvalue weighted by Gasteiger charge is -2.38. The van der Waals surface area contributed by atoms with Crippen molar-refractivity contribution in [2.75, 3.05) is 25.6 Å². The van der Waals surface area contributed by atoms with Crippen LogP contribution in [0.1, 0.15) is 82.8 Å². The molecule has 0 saturated heterocycles. The number of methoxy groups -OCH3 is 1. The maximum atomic E-state index is 14.4. The molecule has 0 aromatic heterocycles. The minimum atomic E-state index is -2.08. The fraction of sp³-hybridized carbons (Fsp3) is 0.458. The van der Waals surface area contributed by atoms with Crippen LogP contribution in [-0.4, -0.2) is 99.9 Å². The van der Waals surface area contributed by atoms with Crippen LogP contribution < -0.4 is 14.8 Å². The molecular weight excluding hydrogens is 829 g/mol. The van der Waals surface area contributed by atoms with Gasteiger partial charge in [0.25, 0.3) is 11.7 Å². The number of aromatic hydroxyl groups is 3. The SMILES string of the molecule is COC1/C=C/OC2(C)Oc3c(C)c(O)c4c(O)c(c(/C=N\OCCCCOc5ccccc5)c(O)c4c3C2=O)NC(=O)/C(C)=C/C=C/C(C)C(O)C(C)C(O)C(C)C(OC(C)=O)C1C. The van der Waals surface area contributed by atoms with Crippen LogP contribution in [0.2, 0.25) is 0 Å². The molecule has 0 radical (unpaired) electrons. The van der Waals surface area contributed by atoms with E-state index in [-0.39, 0.29) is 51.1 Å². The van der Waals surface area contributed by atoms with Crippen molar-refractivity contribution < 1.29 is 68.4 Å². The van der Waals surface area contributed by atoms with Crippen molar-refractivity contribution in [1.82, 2.24) is 0 Å². The number of benzene rings is 3. The number of para-hydroxylation sites is 1.